The number of nitrogens with two attached hydrogens (primary N) is 1. The average molecular weight is 228 g/mol. The summed E-state index contributed by atoms with van der Waals surface area (Å²) in [6, 6.07) is 10.4. The van der Waals surface area contributed by atoms with Crippen molar-refractivity contribution in [2.45, 2.75) is 12.5 Å². The van der Waals surface area contributed by atoms with Crippen LogP contribution in [0.2, 0.25) is 0 Å². The number of hydrogen-bond donors (Lipinski definition) is 1. The molecule has 0 amide bonds. The zero-order valence-electron chi connectivity index (χ0n) is 9.67. The molecule has 88 valence electrons. The summed E-state index contributed by atoms with van der Waals surface area (Å²) >= 11 is 0. The molecule has 0 radical (unpaired) electrons. The Hall–Kier alpha value is -1.45. The van der Waals surface area contributed by atoms with Gasteiger partial charge in [0.1, 0.15) is 0 Å². The first-order valence-corrected chi connectivity index (χ1v) is 6.05. The van der Waals surface area contributed by atoms with Crippen molar-refractivity contribution < 1.29 is 4.74 Å². The molecule has 17 heavy (non-hydrogen) atoms. The van der Waals surface area contributed by atoms with Crippen molar-refractivity contribution in [3.63, 3.8) is 0 Å². The van der Waals surface area contributed by atoms with Gasteiger partial charge in [0.05, 0.1) is 11.6 Å². The van der Waals surface area contributed by atoms with E-state index in [4.69, 9.17) is 10.5 Å². The molecule has 2 heterocycles. The molecule has 1 aromatic carbocycles. The summed E-state index contributed by atoms with van der Waals surface area (Å²) in [5, 5.41) is 1.16. The number of benzene rings is 1. The van der Waals surface area contributed by atoms with Crippen LogP contribution in [0.3, 0.4) is 0 Å². The molecule has 0 bridgehead atoms. The maximum Gasteiger partial charge on any atom is 0.0866 e. The highest BCUT2D eigenvalue weighted by molar-refractivity contribution is 5.79. The van der Waals surface area contributed by atoms with Gasteiger partial charge < -0.3 is 10.5 Å². The number of hydrogen-bond acceptors (Lipinski definition) is 3. The Balaban J connectivity index is 2.00. The Kier molecular flexibility index (Phi) is 2.79. The van der Waals surface area contributed by atoms with Crippen LogP contribution in [-0.4, -0.2) is 18.1 Å². The van der Waals surface area contributed by atoms with E-state index in [9.17, 15) is 0 Å². The first-order valence-electron chi connectivity index (χ1n) is 6.05. The average Bonchev–Trinajstić information content (AvgIpc) is 2.86. The normalized spacial score (nSPS) is 24.3. The lowest BCUT2D eigenvalue weighted by molar-refractivity contribution is 0.0926. The fraction of sp³-hybridized carbons (Fsp3) is 0.357. The highest BCUT2D eigenvalue weighted by Crippen LogP contribution is 2.34. The molecule has 0 aliphatic carbocycles. The highest BCUT2D eigenvalue weighted by Gasteiger charge is 2.28. The van der Waals surface area contributed by atoms with E-state index < -0.39 is 0 Å². The Labute approximate surface area is 101 Å². The van der Waals surface area contributed by atoms with Gasteiger partial charge in [0.25, 0.3) is 0 Å². The largest absolute Gasteiger partial charge is 0.373 e. The fourth-order valence-electron chi connectivity index (χ4n) is 2.51. The van der Waals surface area contributed by atoms with Gasteiger partial charge in [-0.25, -0.2) is 0 Å². The number of ether oxygens (including phenoxy) is 1. The first-order chi connectivity index (χ1) is 8.38. The van der Waals surface area contributed by atoms with Crippen molar-refractivity contribution in [2.75, 3.05) is 13.2 Å². The minimum absolute atomic E-state index is 0.157. The maximum atomic E-state index is 5.79. The predicted octanol–water partition coefficient (Wildman–Crippen LogP) is 2.27. The molecule has 1 aliphatic rings. The van der Waals surface area contributed by atoms with E-state index in [-0.39, 0.29) is 6.10 Å². The van der Waals surface area contributed by atoms with E-state index >= 15 is 0 Å². The molecule has 3 heteroatoms. The van der Waals surface area contributed by atoms with Crippen molar-refractivity contribution in [3.05, 3.63) is 42.1 Å². The van der Waals surface area contributed by atoms with Crippen LogP contribution in [0, 0.1) is 5.92 Å². The third-order valence-corrected chi connectivity index (χ3v) is 3.47. The lowest BCUT2D eigenvalue weighted by atomic mass is 9.94. The van der Waals surface area contributed by atoms with E-state index in [0.29, 0.717) is 12.5 Å². The summed E-state index contributed by atoms with van der Waals surface area (Å²) in [7, 11) is 0. The van der Waals surface area contributed by atoms with Gasteiger partial charge in [0.2, 0.25) is 0 Å². The lowest BCUT2D eigenvalue weighted by Crippen LogP contribution is -2.17. The predicted molar refractivity (Wildman–Crippen MR) is 67.6 cm³/mol. The van der Waals surface area contributed by atoms with Gasteiger partial charge in [-0.1, -0.05) is 12.1 Å². The Bertz CT molecular complexity index is 526. The second kappa shape index (κ2) is 4.43. The summed E-state index contributed by atoms with van der Waals surface area (Å²) < 4.78 is 5.79. The molecule has 3 nitrogen and oxygen atoms in total. The fourth-order valence-corrected chi connectivity index (χ4v) is 2.51. The van der Waals surface area contributed by atoms with E-state index in [1.165, 1.54) is 5.56 Å². The van der Waals surface area contributed by atoms with Crippen LogP contribution >= 0.6 is 0 Å². The second-order valence-corrected chi connectivity index (χ2v) is 4.53. The summed E-state index contributed by atoms with van der Waals surface area (Å²) in [4.78, 5) is 4.32. The molecule has 1 aliphatic heterocycles. The minimum Gasteiger partial charge on any atom is -0.373 e. The summed E-state index contributed by atoms with van der Waals surface area (Å²) in [5.74, 6) is 0.448. The topological polar surface area (TPSA) is 48.1 Å². The van der Waals surface area contributed by atoms with Crippen molar-refractivity contribution in [1.29, 1.82) is 0 Å². The molecule has 1 saturated heterocycles. The smallest absolute Gasteiger partial charge is 0.0866 e. The summed E-state index contributed by atoms with van der Waals surface area (Å²) in [6.45, 7) is 1.51. The van der Waals surface area contributed by atoms with Gasteiger partial charge in [0, 0.05) is 24.1 Å². The van der Waals surface area contributed by atoms with Crippen LogP contribution in [-0.2, 0) is 4.74 Å². The number of fused-ring (bicyclic) bond motifs is 1. The van der Waals surface area contributed by atoms with E-state index in [1.54, 1.807) is 0 Å². The van der Waals surface area contributed by atoms with Crippen LogP contribution < -0.4 is 5.73 Å². The number of rotatable bonds is 2. The monoisotopic (exact) mass is 228 g/mol. The van der Waals surface area contributed by atoms with Crippen molar-refractivity contribution >= 4 is 10.9 Å². The number of pyridine rings is 1. The molecule has 0 saturated carbocycles. The van der Waals surface area contributed by atoms with E-state index in [0.717, 1.165) is 23.9 Å². The van der Waals surface area contributed by atoms with E-state index in [2.05, 4.69) is 29.2 Å². The third kappa shape index (κ3) is 1.92. The molecular formula is C14H16N2O. The molecule has 0 spiro atoms. The molecule has 3 rings (SSSR count). The van der Waals surface area contributed by atoms with E-state index in [1.807, 2.05) is 12.3 Å². The lowest BCUT2D eigenvalue weighted by Gasteiger charge is -2.17. The van der Waals surface area contributed by atoms with Gasteiger partial charge in [-0.15, -0.1) is 0 Å². The third-order valence-electron chi connectivity index (χ3n) is 3.47. The number of aromatic nitrogens is 1. The van der Waals surface area contributed by atoms with Gasteiger partial charge in [-0.3, -0.25) is 4.98 Å². The molecule has 2 aromatic rings. The standard InChI is InChI=1S/C14H16N2O/c15-9-12-5-7-17-14(12)11-3-4-13-10(8-11)2-1-6-16-13/h1-4,6,8,12,14H,5,7,9,15H2. The van der Waals surface area contributed by atoms with Crippen molar-refractivity contribution in [2.24, 2.45) is 11.7 Å². The molecule has 2 atom stereocenters. The van der Waals surface area contributed by atoms with Crippen LogP contribution in [0.25, 0.3) is 10.9 Å². The Morgan fingerprint density at radius 2 is 2.29 bits per heavy atom. The zero-order chi connectivity index (χ0) is 11.7. The second-order valence-electron chi connectivity index (χ2n) is 4.53. The molecule has 2 unspecified atom stereocenters. The SMILES string of the molecule is NCC1CCOC1c1ccc2ncccc2c1. The van der Waals surface area contributed by atoms with Crippen LogP contribution in [0.1, 0.15) is 18.1 Å². The molecular weight excluding hydrogens is 212 g/mol. The minimum atomic E-state index is 0.157. The maximum absolute atomic E-state index is 5.79. The first kappa shape index (κ1) is 10.7. The quantitative estimate of drug-likeness (QED) is 0.857. The highest BCUT2D eigenvalue weighted by atomic mass is 16.5. The summed E-state index contributed by atoms with van der Waals surface area (Å²) in [6.07, 6.45) is 3.04. The van der Waals surface area contributed by atoms with Gasteiger partial charge in [0.15, 0.2) is 0 Å². The molecule has 2 N–H and O–H groups in total. The van der Waals surface area contributed by atoms with Gasteiger partial charge in [-0.2, -0.15) is 0 Å². The van der Waals surface area contributed by atoms with Crippen molar-refractivity contribution in [3.8, 4) is 0 Å². The van der Waals surface area contributed by atoms with Gasteiger partial charge >= 0.3 is 0 Å². The Morgan fingerprint density at radius 3 is 3.18 bits per heavy atom. The van der Waals surface area contributed by atoms with Crippen molar-refractivity contribution in [1.82, 2.24) is 4.98 Å². The van der Waals surface area contributed by atoms with Crippen LogP contribution in [0.15, 0.2) is 36.5 Å². The molecule has 1 fully saturated rings. The molecule has 1 aromatic heterocycles. The zero-order valence-corrected chi connectivity index (χ0v) is 9.67. The van der Waals surface area contributed by atoms with Crippen LogP contribution in [0.5, 0.6) is 0 Å². The van der Waals surface area contributed by atoms with Crippen LogP contribution in [0.4, 0.5) is 0 Å². The van der Waals surface area contributed by atoms with Gasteiger partial charge in [-0.05, 0) is 36.7 Å². The Morgan fingerprint density at radius 1 is 1.35 bits per heavy atom. The number of nitrogens with zero attached hydrogens (tertiary/aromatic N) is 1. The summed E-state index contributed by atoms with van der Waals surface area (Å²) in [5.41, 5.74) is 8.03.